The summed E-state index contributed by atoms with van der Waals surface area (Å²) in [5, 5.41) is 16.8. The summed E-state index contributed by atoms with van der Waals surface area (Å²) in [6.45, 7) is 0.936. The number of hydrogen-bond donors (Lipinski definition) is 2. The van der Waals surface area contributed by atoms with Crippen LogP contribution in [0.4, 0.5) is 11.4 Å². The summed E-state index contributed by atoms with van der Waals surface area (Å²) in [4.78, 5) is 22.2. The van der Waals surface area contributed by atoms with E-state index in [9.17, 15) is 14.9 Å². The second-order valence-electron chi connectivity index (χ2n) is 4.69. The number of hydrogen-bond acceptors (Lipinski definition) is 5. The number of nitrogens with zero attached hydrogens (tertiary/aromatic N) is 1. The number of amides is 1. The molecule has 1 aliphatic heterocycles. The van der Waals surface area contributed by atoms with Gasteiger partial charge in [0.05, 0.1) is 12.0 Å². The van der Waals surface area contributed by atoms with Gasteiger partial charge >= 0.3 is 5.69 Å². The molecule has 0 aromatic heterocycles. The maximum Gasteiger partial charge on any atom is 0.312 e. The monoisotopic (exact) mass is 279 g/mol. The maximum absolute atomic E-state index is 11.9. The standard InChI is InChI=1S/C13H17N3O4/c1-20-12-5-4-10(7-11(12)16(18)19)15-13(17)8-9-3-2-6-14-9/h4-5,7,9,14H,2-3,6,8H2,1H3,(H,15,17). The molecule has 1 heterocycles. The van der Waals surface area contributed by atoms with Gasteiger partial charge in [0, 0.05) is 24.2 Å². The van der Waals surface area contributed by atoms with Gasteiger partial charge in [-0.15, -0.1) is 0 Å². The Hall–Kier alpha value is -2.15. The first-order valence-corrected chi connectivity index (χ1v) is 6.46. The van der Waals surface area contributed by atoms with Crippen molar-refractivity contribution in [1.82, 2.24) is 5.32 Å². The fraction of sp³-hybridized carbons (Fsp3) is 0.462. The summed E-state index contributed by atoms with van der Waals surface area (Å²) < 4.78 is 4.91. The van der Waals surface area contributed by atoms with Gasteiger partial charge in [0.25, 0.3) is 0 Å². The molecule has 1 unspecified atom stereocenters. The molecule has 0 saturated carbocycles. The normalized spacial score (nSPS) is 17.8. The quantitative estimate of drug-likeness (QED) is 0.632. The van der Waals surface area contributed by atoms with Crippen LogP contribution >= 0.6 is 0 Å². The van der Waals surface area contributed by atoms with Crippen LogP contribution < -0.4 is 15.4 Å². The average Bonchev–Trinajstić information content (AvgIpc) is 2.91. The van der Waals surface area contributed by atoms with Gasteiger partial charge in [-0.1, -0.05) is 0 Å². The van der Waals surface area contributed by atoms with Crippen LogP contribution in [0.3, 0.4) is 0 Å². The Balaban J connectivity index is 2.03. The van der Waals surface area contributed by atoms with Gasteiger partial charge in [0.15, 0.2) is 5.75 Å². The Bertz CT molecular complexity index is 512. The van der Waals surface area contributed by atoms with E-state index in [1.807, 2.05) is 0 Å². The van der Waals surface area contributed by atoms with Gasteiger partial charge in [-0.05, 0) is 31.5 Å². The maximum atomic E-state index is 11.9. The molecule has 2 rings (SSSR count). The zero-order valence-corrected chi connectivity index (χ0v) is 11.2. The van der Waals surface area contributed by atoms with E-state index in [2.05, 4.69) is 10.6 Å². The molecular formula is C13H17N3O4. The molecule has 0 radical (unpaired) electrons. The lowest BCUT2D eigenvalue weighted by Crippen LogP contribution is -2.27. The van der Waals surface area contributed by atoms with Crippen molar-refractivity contribution in [3.05, 3.63) is 28.3 Å². The van der Waals surface area contributed by atoms with E-state index in [1.165, 1.54) is 19.2 Å². The number of nitrogens with one attached hydrogen (secondary N) is 2. The minimum atomic E-state index is -0.535. The third-order valence-electron chi connectivity index (χ3n) is 3.25. The largest absolute Gasteiger partial charge is 0.490 e. The first-order chi connectivity index (χ1) is 9.60. The first kappa shape index (κ1) is 14.3. The smallest absolute Gasteiger partial charge is 0.312 e. The van der Waals surface area contributed by atoms with Crippen molar-refractivity contribution in [2.24, 2.45) is 0 Å². The van der Waals surface area contributed by atoms with Gasteiger partial charge in [-0.25, -0.2) is 0 Å². The van der Waals surface area contributed by atoms with Gasteiger partial charge < -0.3 is 15.4 Å². The number of ether oxygens (including phenoxy) is 1. The minimum absolute atomic E-state index is 0.149. The third-order valence-corrected chi connectivity index (χ3v) is 3.25. The first-order valence-electron chi connectivity index (χ1n) is 6.46. The number of carbonyl (C=O) groups is 1. The fourth-order valence-corrected chi connectivity index (χ4v) is 2.28. The molecule has 1 aromatic rings. The molecule has 1 fully saturated rings. The highest BCUT2D eigenvalue weighted by Crippen LogP contribution is 2.29. The summed E-state index contributed by atoms with van der Waals surface area (Å²) in [7, 11) is 1.37. The van der Waals surface area contributed by atoms with Crippen molar-refractivity contribution >= 4 is 17.3 Å². The lowest BCUT2D eigenvalue weighted by atomic mass is 10.1. The summed E-state index contributed by atoms with van der Waals surface area (Å²) in [6.07, 6.45) is 2.43. The van der Waals surface area contributed by atoms with E-state index in [0.717, 1.165) is 19.4 Å². The minimum Gasteiger partial charge on any atom is -0.490 e. The number of nitro benzene ring substituents is 1. The van der Waals surface area contributed by atoms with Gasteiger partial charge in [0.1, 0.15) is 0 Å². The van der Waals surface area contributed by atoms with E-state index in [-0.39, 0.29) is 23.4 Å². The molecule has 1 amide bonds. The van der Waals surface area contributed by atoms with E-state index >= 15 is 0 Å². The van der Waals surface area contributed by atoms with Crippen molar-refractivity contribution in [3.63, 3.8) is 0 Å². The van der Waals surface area contributed by atoms with E-state index in [0.29, 0.717) is 12.1 Å². The SMILES string of the molecule is COc1ccc(NC(=O)CC2CCCN2)cc1[N+](=O)[O-]. The van der Waals surface area contributed by atoms with Crippen LogP contribution in [0, 0.1) is 10.1 Å². The molecule has 0 spiro atoms. The Labute approximate surface area is 116 Å². The number of nitro groups is 1. The zero-order valence-electron chi connectivity index (χ0n) is 11.2. The summed E-state index contributed by atoms with van der Waals surface area (Å²) >= 11 is 0. The van der Waals surface area contributed by atoms with Crippen LogP contribution in [0.2, 0.25) is 0 Å². The molecule has 0 aliphatic carbocycles. The molecule has 1 aliphatic rings. The van der Waals surface area contributed by atoms with Crippen molar-refractivity contribution in [3.8, 4) is 5.75 Å². The second kappa shape index (κ2) is 6.33. The molecule has 0 bridgehead atoms. The zero-order chi connectivity index (χ0) is 14.5. The lowest BCUT2D eigenvalue weighted by Gasteiger charge is -2.11. The second-order valence-corrected chi connectivity index (χ2v) is 4.69. The van der Waals surface area contributed by atoms with Crippen molar-refractivity contribution in [2.75, 3.05) is 19.0 Å². The van der Waals surface area contributed by atoms with E-state index in [4.69, 9.17) is 4.74 Å². The molecular weight excluding hydrogens is 262 g/mol. The Kier molecular flexibility index (Phi) is 4.52. The van der Waals surface area contributed by atoms with Crippen molar-refractivity contribution in [2.45, 2.75) is 25.3 Å². The Morgan fingerprint density at radius 1 is 1.60 bits per heavy atom. The van der Waals surface area contributed by atoms with Gasteiger partial charge in [0.2, 0.25) is 5.91 Å². The highest BCUT2D eigenvalue weighted by Gasteiger charge is 2.19. The predicted octanol–water partition coefficient (Wildman–Crippen LogP) is 1.68. The van der Waals surface area contributed by atoms with Crippen LogP contribution in [-0.4, -0.2) is 30.5 Å². The summed E-state index contributed by atoms with van der Waals surface area (Å²) in [5.74, 6) is 0.0225. The number of carbonyl (C=O) groups excluding carboxylic acids is 1. The summed E-state index contributed by atoms with van der Waals surface area (Å²) in [6, 6.07) is 4.56. The number of methoxy groups -OCH3 is 1. The van der Waals surface area contributed by atoms with Crippen LogP contribution in [0.25, 0.3) is 0 Å². The Morgan fingerprint density at radius 2 is 2.40 bits per heavy atom. The average molecular weight is 279 g/mol. The van der Waals surface area contributed by atoms with Crippen LogP contribution in [0.15, 0.2) is 18.2 Å². The Morgan fingerprint density at radius 3 is 3.00 bits per heavy atom. The van der Waals surface area contributed by atoms with Gasteiger partial charge in [-0.2, -0.15) is 0 Å². The lowest BCUT2D eigenvalue weighted by molar-refractivity contribution is -0.385. The third kappa shape index (κ3) is 3.45. The van der Waals surface area contributed by atoms with Crippen LogP contribution in [-0.2, 0) is 4.79 Å². The van der Waals surface area contributed by atoms with E-state index < -0.39 is 4.92 Å². The molecule has 1 aromatic carbocycles. The molecule has 1 atom stereocenters. The van der Waals surface area contributed by atoms with Crippen LogP contribution in [0.5, 0.6) is 5.75 Å². The fourth-order valence-electron chi connectivity index (χ4n) is 2.28. The number of rotatable bonds is 5. The molecule has 7 heteroatoms. The predicted molar refractivity (Wildman–Crippen MR) is 73.9 cm³/mol. The molecule has 2 N–H and O–H groups in total. The molecule has 108 valence electrons. The van der Waals surface area contributed by atoms with Crippen molar-refractivity contribution in [1.29, 1.82) is 0 Å². The van der Waals surface area contributed by atoms with Crippen molar-refractivity contribution < 1.29 is 14.5 Å². The van der Waals surface area contributed by atoms with Crippen LogP contribution in [0.1, 0.15) is 19.3 Å². The van der Waals surface area contributed by atoms with E-state index in [1.54, 1.807) is 6.07 Å². The molecule has 20 heavy (non-hydrogen) atoms. The molecule has 7 nitrogen and oxygen atoms in total. The highest BCUT2D eigenvalue weighted by atomic mass is 16.6. The topological polar surface area (TPSA) is 93.5 Å². The number of anilines is 1. The van der Waals surface area contributed by atoms with Gasteiger partial charge in [-0.3, -0.25) is 14.9 Å². The molecule has 1 saturated heterocycles. The number of benzene rings is 1. The highest BCUT2D eigenvalue weighted by molar-refractivity contribution is 5.91. The summed E-state index contributed by atoms with van der Waals surface area (Å²) in [5.41, 5.74) is 0.241.